The lowest BCUT2D eigenvalue weighted by atomic mass is 9.96. The standard InChI is InChI=1S/C7H12N4/c1-7(2,3)6-10-5(8)4-9-11-6/h4H,1-3H3,(H2,8,10,11). The zero-order valence-corrected chi connectivity index (χ0v) is 7.00. The van der Waals surface area contributed by atoms with Crippen LogP contribution in [0.2, 0.25) is 0 Å². The molecular formula is C7H12N4. The second-order valence-corrected chi connectivity index (χ2v) is 3.45. The number of anilines is 1. The Morgan fingerprint density at radius 3 is 2.36 bits per heavy atom. The Kier molecular flexibility index (Phi) is 1.76. The van der Waals surface area contributed by atoms with Crippen LogP contribution in [0.5, 0.6) is 0 Å². The summed E-state index contributed by atoms with van der Waals surface area (Å²) in [6, 6.07) is 0. The summed E-state index contributed by atoms with van der Waals surface area (Å²) in [6.07, 6.45) is 1.44. The van der Waals surface area contributed by atoms with Gasteiger partial charge in [0.1, 0.15) is 5.82 Å². The van der Waals surface area contributed by atoms with Crippen LogP contribution >= 0.6 is 0 Å². The van der Waals surface area contributed by atoms with Gasteiger partial charge in [-0.2, -0.15) is 5.10 Å². The summed E-state index contributed by atoms with van der Waals surface area (Å²) in [5, 5.41) is 7.58. The molecule has 1 aromatic rings. The van der Waals surface area contributed by atoms with Crippen molar-refractivity contribution in [2.24, 2.45) is 0 Å². The van der Waals surface area contributed by atoms with Crippen molar-refractivity contribution in [3.63, 3.8) is 0 Å². The molecule has 0 aliphatic carbocycles. The fraction of sp³-hybridized carbons (Fsp3) is 0.571. The number of nitrogen functional groups attached to an aromatic ring is 1. The molecule has 0 radical (unpaired) electrons. The fourth-order valence-corrected chi connectivity index (χ4v) is 0.634. The second kappa shape index (κ2) is 2.45. The molecule has 2 N–H and O–H groups in total. The molecule has 60 valence electrons. The molecule has 11 heavy (non-hydrogen) atoms. The van der Waals surface area contributed by atoms with E-state index in [2.05, 4.69) is 15.2 Å². The molecule has 0 bridgehead atoms. The van der Waals surface area contributed by atoms with Crippen molar-refractivity contribution >= 4 is 5.82 Å². The van der Waals surface area contributed by atoms with Gasteiger partial charge in [0.05, 0.1) is 6.20 Å². The maximum atomic E-state index is 5.44. The summed E-state index contributed by atoms with van der Waals surface area (Å²) in [5.74, 6) is 1.10. The highest BCUT2D eigenvalue weighted by Gasteiger charge is 2.17. The molecular weight excluding hydrogens is 140 g/mol. The molecule has 0 fully saturated rings. The molecule has 0 aliphatic rings. The number of nitrogens with two attached hydrogens (primary N) is 1. The lowest BCUT2D eigenvalue weighted by molar-refractivity contribution is 0.534. The van der Waals surface area contributed by atoms with Crippen LogP contribution < -0.4 is 5.73 Å². The van der Waals surface area contributed by atoms with Gasteiger partial charge in [-0.25, -0.2) is 4.98 Å². The average molecular weight is 152 g/mol. The Morgan fingerprint density at radius 2 is 2.00 bits per heavy atom. The molecule has 4 nitrogen and oxygen atoms in total. The van der Waals surface area contributed by atoms with E-state index in [-0.39, 0.29) is 5.41 Å². The van der Waals surface area contributed by atoms with E-state index >= 15 is 0 Å². The summed E-state index contributed by atoms with van der Waals surface area (Å²) in [5.41, 5.74) is 5.36. The van der Waals surface area contributed by atoms with Gasteiger partial charge in [0.25, 0.3) is 0 Å². The average Bonchev–Trinajstić information content (AvgIpc) is 1.86. The largest absolute Gasteiger partial charge is 0.382 e. The molecule has 0 saturated heterocycles. The Morgan fingerprint density at radius 1 is 1.36 bits per heavy atom. The first kappa shape index (κ1) is 7.91. The third-order valence-corrected chi connectivity index (χ3v) is 1.25. The van der Waals surface area contributed by atoms with Crippen molar-refractivity contribution in [1.82, 2.24) is 15.2 Å². The molecule has 1 heterocycles. The third kappa shape index (κ3) is 1.86. The quantitative estimate of drug-likeness (QED) is 0.595. The van der Waals surface area contributed by atoms with Crippen LogP contribution in [0.25, 0.3) is 0 Å². The first-order valence-corrected chi connectivity index (χ1v) is 3.46. The topological polar surface area (TPSA) is 64.7 Å². The highest BCUT2D eigenvalue weighted by molar-refractivity contribution is 5.22. The lowest BCUT2D eigenvalue weighted by Crippen LogP contribution is -2.17. The van der Waals surface area contributed by atoms with Gasteiger partial charge in [-0.15, -0.1) is 5.10 Å². The van der Waals surface area contributed by atoms with Gasteiger partial charge >= 0.3 is 0 Å². The van der Waals surface area contributed by atoms with Crippen LogP contribution in [0, 0.1) is 0 Å². The summed E-state index contributed by atoms with van der Waals surface area (Å²) >= 11 is 0. The molecule has 0 spiro atoms. The fourth-order valence-electron chi connectivity index (χ4n) is 0.634. The molecule has 0 aliphatic heterocycles. The van der Waals surface area contributed by atoms with Crippen molar-refractivity contribution in [3.05, 3.63) is 12.0 Å². The minimum atomic E-state index is -0.0810. The van der Waals surface area contributed by atoms with Crippen LogP contribution in [-0.2, 0) is 5.41 Å². The summed E-state index contributed by atoms with van der Waals surface area (Å²) < 4.78 is 0. The summed E-state index contributed by atoms with van der Waals surface area (Å²) in [6.45, 7) is 6.05. The van der Waals surface area contributed by atoms with Gasteiger partial charge in [-0.05, 0) is 0 Å². The van der Waals surface area contributed by atoms with E-state index in [1.165, 1.54) is 6.20 Å². The number of hydrogen-bond acceptors (Lipinski definition) is 4. The first-order valence-electron chi connectivity index (χ1n) is 3.46. The Bertz CT molecular complexity index is 251. The van der Waals surface area contributed by atoms with E-state index in [1.807, 2.05) is 20.8 Å². The Labute approximate surface area is 65.9 Å². The highest BCUT2D eigenvalue weighted by atomic mass is 15.2. The Hall–Kier alpha value is -1.19. The van der Waals surface area contributed by atoms with Crippen molar-refractivity contribution < 1.29 is 0 Å². The van der Waals surface area contributed by atoms with E-state index in [4.69, 9.17) is 5.73 Å². The van der Waals surface area contributed by atoms with E-state index in [9.17, 15) is 0 Å². The minimum Gasteiger partial charge on any atom is -0.382 e. The zero-order valence-electron chi connectivity index (χ0n) is 7.00. The maximum Gasteiger partial charge on any atom is 0.158 e. The third-order valence-electron chi connectivity index (χ3n) is 1.25. The zero-order chi connectivity index (χ0) is 8.48. The monoisotopic (exact) mass is 152 g/mol. The van der Waals surface area contributed by atoms with Gasteiger partial charge < -0.3 is 5.73 Å². The van der Waals surface area contributed by atoms with Gasteiger partial charge in [0, 0.05) is 5.41 Å². The molecule has 0 saturated carbocycles. The van der Waals surface area contributed by atoms with E-state index in [1.54, 1.807) is 0 Å². The lowest BCUT2D eigenvalue weighted by Gasteiger charge is -2.14. The van der Waals surface area contributed by atoms with Gasteiger partial charge in [0.15, 0.2) is 5.82 Å². The van der Waals surface area contributed by atoms with Crippen molar-refractivity contribution in [1.29, 1.82) is 0 Å². The first-order chi connectivity index (χ1) is 5.00. The van der Waals surface area contributed by atoms with Crippen LogP contribution in [0.3, 0.4) is 0 Å². The maximum absolute atomic E-state index is 5.44. The number of hydrogen-bond donors (Lipinski definition) is 1. The summed E-state index contributed by atoms with van der Waals surface area (Å²) in [4.78, 5) is 4.05. The predicted octanol–water partition coefficient (Wildman–Crippen LogP) is 0.751. The highest BCUT2D eigenvalue weighted by Crippen LogP contribution is 2.16. The van der Waals surface area contributed by atoms with Gasteiger partial charge in [-0.1, -0.05) is 20.8 Å². The van der Waals surface area contributed by atoms with Crippen LogP contribution in [0.15, 0.2) is 6.20 Å². The molecule has 1 aromatic heterocycles. The van der Waals surface area contributed by atoms with Crippen LogP contribution in [0.4, 0.5) is 5.82 Å². The number of rotatable bonds is 0. The number of aromatic nitrogens is 3. The van der Waals surface area contributed by atoms with Crippen molar-refractivity contribution in [3.8, 4) is 0 Å². The molecule has 0 aromatic carbocycles. The van der Waals surface area contributed by atoms with E-state index in [0.29, 0.717) is 11.6 Å². The molecule has 0 unspecified atom stereocenters. The summed E-state index contributed by atoms with van der Waals surface area (Å²) in [7, 11) is 0. The molecule has 0 amide bonds. The van der Waals surface area contributed by atoms with Gasteiger partial charge in [0.2, 0.25) is 0 Å². The molecule has 1 rings (SSSR count). The van der Waals surface area contributed by atoms with Crippen LogP contribution in [-0.4, -0.2) is 15.2 Å². The smallest absolute Gasteiger partial charge is 0.158 e. The Balaban J connectivity index is 3.06. The number of nitrogens with zero attached hydrogens (tertiary/aromatic N) is 3. The SMILES string of the molecule is CC(C)(C)c1nncc(N)n1. The van der Waals surface area contributed by atoms with Crippen molar-refractivity contribution in [2.75, 3.05) is 5.73 Å². The normalized spacial score (nSPS) is 11.5. The van der Waals surface area contributed by atoms with Crippen molar-refractivity contribution in [2.45, 2.75) is 26.2 Å². The predicted molar refractivity (Wildman–Crippen MR) is 42.9 cm³/mol. The van der Waals surface area contributed by atoms with Crippen LogP contribution in [0.1, 0.15) is 26.6 Å². The van der Waals surface area contributed by atoms with Gasteiger partial charge in [-0.3, -0.25) is 0 Å². The second-order valence-electron chi connectivity index (χ2n) is 3.45. The molecule has 4 heteroatoms. The van der Waals surface area contributed by atoms with E-state index < -0.39 is 0 Å². The van der Waals surface area contributed by atoms with E-state index in [0.717, 1.165) is 0 Å². The minimum absolute atomic E-state index is 0.0810. The molecule has 0 atom stereocenters.